The summed E-state index contributed by atoms with van der Waals surface area (Å²) in [5.74, 6) is 0.211. The molecule has 0 radical (unpaired) electrons. The molecule has 1 aromatic rings. The van der Waals surface area contributed by atoms with E-state index in [2.05, 4.69) is 4.98 Å². The van der Waals surface area contributed by atoms with Crippen molar-refractivity contribution in [2.45, 2.75) is 12.5 Å². The van der Waals surface area contributed by atoms with E-state index in [9.17, 15) is 4.79 Å². The van der Waals surface area contributed by atoms with Gasteiger partial charge in [-0.3, -0.25) is 4.79 Å². The zero-order valence-corrected chi connectivity index (χ0v) is 11.1. The molecule has 0 aromatic carbocycles. The Morgan fingerprint density at radius 1 is 1.61 bits per heavy atom. The second kappa shape index (κ2) is 5.54. The van der Waals surface area contributed by atoms with Crippen LogP contribution in [0.1, 0.15) is 16.8 Å². The van der Waals surface area contributed by atoms with Crippen LogP contribution in [0.2, 0.25) is 5.02 Å². The smallest absolute Gasteiger partial charge is 0.254 e. The van der Waals surface area contributed by atoms with Crippen molar-refractivity contribution in [2.75, 3.05) is 27.3 Å². The minimum atomic E-state index is -0.139. The summed E-state index contributed by atoms with van der Waals surface area (Å²) in [6.07, 6.45) is 2.29. The molecule has 1 saturated heterocycles. The third kappa shape index (κ3) is 2.91. The molecule has 0 N–H and O–H groups in total. The molecule has 1 aliphatic rings. The van der Waals surface area contributed by atoms with Crippen molar-refractivity contribution in [1.82, 2.24) is 9.88 Å². The Hall–Kier alpha value is -1.33. The Labute approximate surface area is 111 Å². The van der Waals surface area contributed by atoms with E-state index >= 15 is 0 Å². The number of ether oxygens (including phenoxy) is 2. The highest BCUT2D eigenvalue weighted by atomic mass is 35.5. The van der Waals surface area contributed by atoms with E-state index in [0.29, 0.717) is 29.7 Å². The zero-order valence-electron chi connectivity index (χ0n) is 10.4. The second-order valence-electron chi connectivity index (χ2n) is 4.31. The van der Waals surface area contributed by atoms with Gasteiger partial charge in [-0.2, -0.15) is 0 Å². The van der Waals surface area contributed by atoms with Crippen molar-refractivity contribution < 1.29 is 14.3 Å². The van der Waals surface area contributed by atoms with Crippen LogP contribution >= 0.6 is 11.6 Å². The van der Waals surface area contributed by atoms with Gasteiger partial charge in [-0.1, -0.05) is 11.6 Å². The first-order valence-corrected chi connectivity index (χ1v) is 6.07. The van der Waals surface area contributed by atoms with Crippen molar-refractivity contribution in [3.8, 4) is 5.88 Å². The quantitative estimate of drug-likeness (QED) is 0.837. The van der Waals surface area contributed by atoms with Gasteiger partial charge in [-0.05, 0) is 6.07 Å². The van der Waals surface area contributed by atoms with Gasteiger partial charge in [0.1, 0.15) is 11.1 Å². The third-order valence-corrected chi connectivity index (χ3v) is 2.90. The molecule has 98 valence electrons. The number of nitrogens with zero attached hydrogens (tertiary/aromatic N) is 2. The lowest BCUT2D eigenvalue weighted by atomic mass is 10.2. The molecule has 0 spiro atoms. The largest absolute Gasteiger partial charge is 0.471 e. The van der Waals surface area contributed by atoms with Gasteiger partial charge in [-0.15, -0.1) is 0 Å². The van der Waals surface area contributed by atoms with Gasteiger partial charge in [-0.25, -0.2) is 4.98 Å². The number of aromatic nitrogens is 1. The fourth-order valence-electron chi connectivity index (χ4n) is 1.65. The summed E-state index contributed by atoms with van der Waals surface area (Å²) in [7, 11) is 3.35. The van der Waals surface area contributed by atoms with Crippen LogP contribution in [0.25, 0.3) is 0 Å². The lowest BCUT2D eigenvalue weighted by Gasteiger charge is -2.14. The number of pyridine rings is 1. The van der Waals surface area contributed by atoms with Crippen LogP contribution in [0, 0.1) is 0 Å². The van der Waals surface area contributed by atoms with Crippen molar-refractivity contribution >= 4 is 17.5 Å². The van der Waals surface area contributed by atoms with Crippen molar-refractivity contribution in [2.24, 2.45) is 0 Å². The van der Waals surface area contributed by atoms with E-state index in [1.165, 1.54) is 11.1 Å². The molecule has 1 atom stereocenters. The molecule has 0 bridgehead atoms. The van der Waals surface area contributed by atoms with E-state index in [-0.39, 0.29) is 12.0 Å². The Bertz CT molecular complexity index is 445. The van der Waals surface area contributed by atoms with Crippen molar-refractivity contribution in [3.05, 3.63) is 22.8 Å². The maximum absolute atomic E-state index is 11.7. The molecule has 2 rings (SSSR count). The van der Waals surface area contributed by atoms with Crippen LogP contribution in [0.3, 0.4) is 0 Å². The van der Waals surface area contributed by atoms with Gasteiger partial charge in [0.15, 0.2) is 0 Å². The standard InChI is InChI=1S/C12H15ClN2O3/c1-15(2)12(16)8-5-10(13)11(14-6-8)18-9-3-4-17-7-9/h5-6,9H,3-4,7H2,1-2H3. The van der Waals surface area contributed by atoms with Crippen LogP contribution in [0.5, 0.6) is 5.88 Å². The van der Waals surface area contributed by atoms with Gasteiger partial charge in [0.2, 0.25) is 5.88 Å². The molecule has 2 heterocycles. The van der Waals surface area contributed by atoms with Gasteiger partial charge >= 0.3 is 0 Å². The lowest BCUT2D eigenvalue weighted by Crippen LogP contribution is -2.22. The van der Waals surface area contributed by atoms with E-state index in [1.807, 2.05) is 0 Å². The molecular formula is C12H15ClN2O3. The Balaban J connectivity index is 2.11. The predicted octanol–water partition coefficient (Wildman–Crippen LogP) is 1.60. The minimum absolute atomic E-state index is 0.00889. The highest BCUT2D eigenvalue weighted by Gasteiger charge is 2.20. The first kappa shape index (κ1) is 13.1. The number of carbonyl (C=O) groups is 1. The SMILES string of the molecule is CN(C)C(=O)c1cnc(OC2CCOC2)c(Cl)c1. The van der Waals surface area contributed by atoms with Crippen LogP contribution in [-0.4, -0.2) is 49.2 Å². The highest BCUT2D eigenvalue weighted by molar-refractivity contribution is 6.32. The number of halogens is 1. The summed E-state index contributed by atoms with van der Waals surface area (Å²) in [6.45, 7) is 1.25. The average Bonchev–Trinajstić information content (AvgIpc) is 2.83. The Morgan fingerprint density at radius 3 is 2.94 bits per heavy atom. The van der Waals surface area contributed by atoms with E-state index < -0.39 is 0 Å². The zero-order chi connectivity index (χ0) is 13.1. The first-order chi connectivity index (χ1) is 8.58. The maximum atomic E-state index is 11.7. The van der Waals surface area contributed by atoms with Crippen LogP contribution in [0.4, 0.5) is 0 Å². The number of rotatable bonds is 3. The molecular weight excluding hydrogens is 256 g/mol. The van der Waals surface area contributed by atoms with E-state index in [4.69, 9.17) is 21.1 Å². The summed E-state index contributed by atoms with van der Waals surface area (Å²) < 4.78 is 10.8. The van der Waals surface area contributed by atoms with Crippen molar-refractivity contribution in [1.29, 1.82) is 0 Å². The molecule has 1 unspecified atom stereocenters. The lowest BCUT2D eigenvalue weighted by molar-refractivity contribution is 0.0827. The minimum Gasteiger partial charge on any atom is -0.471 e. The molecule has 0 aliphatic carbocycles. The topological polar surface area (TPSA) is 51.7 Å². The molecule has 1 aliphatic heterocycles. The molecule has 1 aromatic heterocycles. The summed E-state index contributed by atoms with van der Waals surface area (Å²) in [4.78, 5) is 17.3. The van der Waals surface area contributed by atoms with Gasteiger partial charge in [0.25, 0.3) is 5.91 Å². The predicted molar refractivity (Wildman–Crippen MR) is 67.1 cm³/mol. The number of carbonyl (C=O) groups excluding carboxylic acids is 1. The first-order valence-electron chi connectivity index (χ1n) is 5.69. The van der Waals surface area contributed by atoms with Crippen LogP contribution in [0.15, 0.2) is 12.3 Å². The molecule has 18 heavy (non-hydrogen) atoms. The summed E-state index contributed by atoms with van der Waals surface area (Å²) in [5, 5.41) is 0.342. The van der Waals surface area contributed by atoms with Gasteiger partial charge < -0.3 is 14.4 Å². The van der Waals surface area contributed by atoms with E-state index in [0.717, 1.165) is 6.42 Å². The maximum Gasteiger partial charge on any atom is 0.254 e. The van der Waals surface area contributed by atoms with Gasteiger partial charge in [0, 0.05) is 26.7 Å². The fourth-order valence-corrected chi connectivity index (χ4v) is 1.86. The average molecular weight is 271 g/mol. The molecule has 6 heteroatoms. The number of amides is 1. The number of hydrogen-bond acceptors (Lipinski definition) is 4. The van der Waals surface area contributed by atoms with Gasteiger partial charge in [0.05, 0.1) is 18.8 Å². The number of hydrogen-bond donors (Lipinski definition) is 0. The van der Waals surface area contributed by atoms with Crippen LogP contribution in [-0.2, 0) is 4.74 Å². The normalized spacial score (nSPS) is 18.7. The fraction of sp³-hybridized carbons (Fsp3) is 0.500. The summed E-state index contributed by atoms with van der Waals surface area (Å²) in [6, 6.07) is 1.57. The summed E-state index contributed by atoms with van der Waals surface area (Å²) >= 11 is 6.06. The van der Waals surface area contributed by atoms with Crippen LogP contribution < -0.4 is 4.74 Å². The van der Waals surface area contributed by atoms with E-state index in [1.54, 1.807) is 20.2 Å². The second-order valence-corrected chi connectivity index (χ2v) is 4.72. The third-order valence-electron chi connectivity index (χ3n) is 2.63. The summed E-state index contributed by atoms with van der Waals surface area (Å²) in [5.41, 5.74) is 0.444. The molecule has 0 saturated carbocycles. The monoisotopic (exact) mass is 270 g/mol. The molecule has 1 fully saturated rings. The Kier molecular flexibility index (Phi) is 4.04. The molecule has 1 amide bonds. The Morgan fingerprint density at radius 2 is 2.39 bits per heavy atom. The van der Waals surface area contributed by atoms with Crippen molar-refractivity contribution in [3.63, 3.8) is 0 Å². The molecule has 5 nitrogen and oxygen atoms in total. The highest BCUT2D eigenvalue weighted by Crippen LogP contribution is 2.25.